The number of thiophene rings is 1. The first-order valence-electron chi connectivity index (χ1n) is 6.66. The Labute approximate surface area is 124 Å². The number of nitrogens with one attached hydrogen (secondary N) is 1. The first-order valence-corrected chi connectivity index (χ1v) is 8.01. The molecule has 3 nitrogen and oxygen atoms in total. The molecular weight excluding hydrogens is 276 g/mol. The van der Waals surface area contributed by atoms with E-state index in [0.717, 1.165) is 18.4 Å². The smallest absolute Gasteiger partial charge is 0.233 e. The highest BCUT2D eigenvalue weighted by Crippen LogP contribution is 2.31. The lowest BCUT2D eigenvalue weighted by Crippen LogP contribution is -2.48. The summed E-state index contributed by atoms with van der Waals surface area (Å²) >= 11 is 6.79. The average Bonchev–Trinajstić information content (AvgIpc) is 2.88. The highest BCUT2D eigenvalue weighted by Gasteiger charge is 2.39. The second kappa shape index (κ2) is 7.60. The van der Waals surface area contributed by atoms with E-state index in [2.05, 4.69) is 19.2 Å². The molecular formula is C14H22N2OS2. The summed E-state index contributed by atoms with van der Waals surface area (Å²) in [6.07, 6.45) is 3.21. The predicted molar refractivity (Wildman–Crippen MR) is 85.2 cm³/mol. The molecule has 1 amide bonds. The van der Waals surface area contributed by atoms with Gasteiger partial charge >= 0.3 is 0 Å². The summed E-state index contributed by atoms with van der Waals surface area (Å²) in [4.78, 5) is 12.8. The lowest BCUT2D eigenvalue weighted by molar-refractivity contribution is -0.128. The fourth-order valence-electron chi connectivity index (χ4n) is 2.31. The molecule has 1 aromatic heterocycles. The number of nitrogens with two attached hydrogens (primary N) is 1. The van der Waals surface area contributed by atoms with Gasteiger partial charge in [-0.25, -0.2) is 0 Å². The predicted octanol–water partition coefficient (Wildman–Crippen LogP) is 3.24. The summed E-state index contributed by atoms with van der Waals surface area (Å²) in [6, 6.07) is 2.01. The van der Waals surface area contributed by atoms with Gasteiger partial charge in [0.05, 0.1) is 10.4 Å². The minimum absolute atomic E-state index is 0.0325. The summed E-state index contributed by atoms with van der Waals surface area (Å²) in [6.45, 7) is 4.64. The van der Waals surface area contributed by atoms with Gasteiger partial charge in [-0.05, 0) is 35.2 Å². The Morgan fingerprint density at radius 1 is 1.42 bits per heavy atom. The van der Waals surface area contributed by atoms with Crippen LogP contribution in [0.4, 0.5) is 0 Å². The molecule has 0 saturated carbocycles. The largest absolute Gasteiger partial charge is 0.392 e. The van der Waals surface area contributed by atoms with Crippen molar-refractivity contribution in [3.8, 4) is 0 Å². The molecule has 0 aromatic carbocycles. The van der Waals surface area contributed by atoms with Crippen LogP contribution in [0.3, 0.4) is 0 Å². The molecule has 5 heteroatoms. The van der Waals surface area contributed by atoms with Gasteiger partial charge in [0.2, 0.25) is 5.91 Å². The van der Waals surface area contributed by atoms with Gasteiger partial charge in [-0.2, -0.15) is 11.3 Å². The third-order valence-electron chi connectivity index (χ3n) is 3.29. The van der Waals surface area contributed by atoms with Crippen LogP contribution in [0, 0.1) is 5.41 Å². The minimum Gasteiger partial charge on any atom is -0.392 e. The van der Waals surface area contributed by atoms with Crippen LogP contribution >= 0.6 is 23.6 Å². The number of hydrogen-bond donors (Lipinski definition) is 2. The Bertz CT molecular complexity index is 409. The van der Waals surface area contributed by atoms with Gasteiger partial charge in [0.25, 0.3) is 0 Å². The van der Waals surface area contributed by atoms with Crippen LogP contribution in [0.1, 0.15) is 45.1 Å². The molecule has 106 valence electrons. The second-order valence-electron chi connectivity index (χ2n) is 4.76. The van der Waals surface area contributed by atoms with E-state index in [1.807, 2.05) is 16.8 Å². The Hall–Kier alpha value is -0.940. The van der Waals surface area contributed by atoms with Crippen molar-refractivity contribution >= 4 is 34.5 Å². The van der Waals surface area contributed by atoms with Gasteiger partial charge in [0.15, 0.2) is 0 Å². The van der Waals surface area contributed by atoms with Crippen molar-refractivity contribution in [3.05, 3.63) is 22.4 Å². The third kappa shape index (κ3) is 4.01. The minimum atomic E-state index is -0.686. The molecule has 1 aromatic rings. The zero-order chi connectivity index (χ0) is 14.3. The fourth-order valence-corrected chi connectivity index (χ4v) is 3.27. The van der Waals surface area contributed by atoms with E-state index < -0.39 is 5.41 Å². The van der Waals surface area contributed by atoms with Crippen LogP contribution in [-0.2, 0) is 11.3 Å². The quantitative estimate of drug-likeness (QED) is 0.724. The van der Waals surface area contributed by atoms with Gasteiger partial charge in [0, 0.05) is 6.54 Å². The zero-order valence-corrected chi connectivity index (χ0v) is 13.2. The van der Waals surface area contributed by atoms with Gasteiger partial charge in [0.1, 0.15) is 0 Å². The molecule has 19 heavy (non-hydrogen) atoms. The average molecular weight is 298 g/mol. The van der Waals surface area contributed by atoms with E-state index >= 15 is 0 Å². The maximum Gasteiger partial charge on any atom is 0.233 e. The van der Waals surface area contributed by atoms with Crippen molar-refractivity contribution in [3.63, 3.8) is 0 Å². The summed E-state index contributed by atoms with van der Waals surface area (Å²) in [5.41, 5.74) is 6.29. The van der Waals surface area contributed by atoms with Gasteiger partial charge in [-0.1, -0.05) is 38.9 Å². The number of carbonyl (C=O) groups excluding carboxylic acids is 1. The molecule has 0 unspecified atom stereocenters. The van der Waals surface area contributed by atoms with Crippen LogP contribution in [0.25, 0.3) is 0 Å². The molecule has 0 aliphatic heterocycles. The van der Waals surface area contributed by atoms with E-state index in [0.29, 0.717) is 24.4 Å². The van der Waals surface area contributed by atoms with Crippen LogP contribution in [0.15, 0.2) is 16.8 Å². The standard InChI is InChI=1S/C14H22N2OS2/c1-3-6-14(7-4-2,12(15)18)13(17)16-9-11-5-8-19-10-11/h5,8,10H,3-4,6-7,9H2,1-2H3,(H2,15,18)(H,16,17). The van der Waals surface area contributed by atoms with E-state index in [1.165, 1.54) is 0 Å². The van der Waals surface area contributed by atoms with E-state index in [9.17, 15) is 4.79 Å². The van der Waals surface area contributed by atoms with Crippen molar-refractivity contribution in [2.45, 2.75) is 46.1 Å². The Balaban J connectivity index is 2.77. The van der Waals surface area contributed by atoms with Gasteiger partial charge in [-0.15, -0.1) is 0 Å². The van der Waals surface area contributed by atoms with Crippen molar-refractivity contribution in [2.24, 2.45) is 11.1 Å². The van der Waals surface area contributed by atoms with Crippen molar-refractivity contribution in [1.29, 1.82) is 0 Å². The topological polar surface area (TPSA) is 55.1 Å². The van der Waals surface area contributed by atoms with Crippen LogP contribution in [0.5, 0.6) is 0 Å². The second-order valence-corrected chi connectivity index (χ2v) is 5.98. The molecule has 0 radical (unpaired) electrons. The number of thiocarbonyl (C=S) groups is 1. The molecule has 0 aliphatic rings. The Kier molecular flexibility index (Phi) is 6.45. The van der Waals surface area contributed by atoms with E-state index in [-0.39, 0.29) is 5.91 Å². The number of carbonyl (C=O) groups is 1. The van der Waals surface area contributed by atoms with Gasteiger partial charge in [-0.3, -0.25) is 4.79 Å². The molecule has 0 spiro atoms. The van der Waals surface area contributed by atoms with E-state index in [4.69, 9.17) is 18.0 Å². The highest BCUT2D eigenvalue weighted by atomic mass is 32.1. The lowest BCUT2D eigenvalue weighted by Gasteiger charge is -2.31. The molecule has 0 atom stereocenters. The van der Waals surface area contributed by atoms with E-state index in [1.54, 1.807) is 11.3 Å². The Morgan fingerprint density at radius 2 is 2.05 bits per heavy atom. The molecule has 0 saturated heterocycles. The SMILES string of the molecule is CCCC(CCC)(C(=O)NCc1ccsc1)C(N)=S. The molecule has 0 bridgehead atoms. The van der Waals surface area contributed by atoms with Crippen molar-refractivity contribution < 1.29 is 4.79 Å². The molecule has 0 fully saturated rings. The summed E-state index contributed by atoms with van der Waals surface area (Å²) in [5, 5.41) is 7.01. The molecule has 1 rings (SSSR count). The third-order valence-corrected chi connectivity index (χ3v) is 4.42. The normalized spacial score (nSPS) is 11.3. The fraction of sp³-hybridized carbons (Fsp3) is 0.571. The van der Waals surface area contributed by atoms with Gasteiger partial charge < -0.3 is 11.1 Å². The monoisotopic (exact) mass is 298 g/mol. The summed E-state index contributed by atoms with van der Waals surface area (Å²) < 4.78 is 0. The van der Waals surface area contributed by atoms with Crippen molar-refractivity contribution in [1.82, 2.24) is 5.32 Å². The first kappa shape index (κ1) is 16.1. The molecule has 1 heterocycles. The van der Waals surface area contributed by atoms with Crippen molar-refractivity contribution in [2.75, 3.05) is 0 Å². The maximum absolute atomic E-state index is 12.5. The lowest BCUT2D eigenvalue weighted by atomic mass is 9.78. The summed E-state index contributed by atoms with van der Waals surface area (Å²) in [5.74, 6) is -0.0325. The molecule has 0 aliphatic carbocycles. The van der Waals surface area contributed by atoms with Crippen LogP contribution in [0.2, 0.25) is 0 Å². The first-order chi connectivity index (χ1) is 9.06. The van der Waals surface area contributed by atoms with Crippen LogP contribution in [-0.4, -0.2) is 10.9 Å². The number of hydrogen-bond acceptors (Lipinski definition) is 3. The van der Waals surface area contributed by atoms with Crippen LogP contribution < -0.4 is 11.1 Å². The maximum atomic E-state index is 12.5. The number of amides is 1. The summed E-state index contributed by atoms with van der Waals surface area (Å²) in [7, 11) is 0. The molecule has 3 N–H and O–H groups in total. The number of rotatable bonds is 8. The highest BCUT2D eigenvalue weighted by molar-refractivity contribution is 7.80. The Morgan fingerprint density at radius 3 is 2.47 bits per heavy atom. The zero-order valence-electron chi connectivity index (χ0n) is 11.6.